The fraction of sp³-hybridized carbons (Fsp3) is 0.435. The van der Waals surface area contributed by atoms with Gasteiger partial charge in [0, 0.05) is 24.0 Å². The normalized spacial score (nSPS) is 19.3. The molecule has 0 bridgehead atoms. The number of fused-ring (bicyclic) bond motifs is 2. The Balaban J connectivity index is 1.52. The van der Waals surface area contributed by atoms with Crippen molar-refractivity contribution in [1.82, 2.24) is 15.2 Å². The van der Waals surface area contributed by atoms with E-state index < -0.39 is 18.1 Å². The van der Waals surface area contributed by atoms with E-state index in [9.17, 15) is 13.9 Å². The van der Waals surface area contributed by atoms with Crippen LogP contribution in [0.5, 0.6) is 5.75 Å². The zero-order chi connectivity index (χ0) is 22.8. The molecule has 0 aliphatic carbocycles. The number of rotatable bonds is 4. The molecule has 0 amide bonds. The molecule has 2 N–H and O–H groups in total. The summed E-state index contributed by atoms with van der Waals surface area (Å²) in [6.07, 6.45) is 0. The van der Waals surface area contributed by atoms with Crippen molar-refractivity contribution < 1.29 is 18.6 Å². The first kappa shape index (κ1) is 20.8. The van der Waals surface area contributed by atoms with Crippen molar-refractivity contribution in [3.63, 3.8) is 0 Å². The van der Waals surface area contributed by atoms with Crippen molar-refractivity contribution in [1.29, 1.82) is 0 Å². The Bertz CT molecular complexity index is 1220. The van der Waals surface area contributed by atoms with Crippen LogP contribution in [0.15, 0.2) is 24.3 Å². The second-order valence-electron chi connectivity index (χ2n) is 9.06. The Morgan fingerprint density at radius 2 is 1.94 bits per heavy atom. The van der Waals surface area contributed by atoms with E-state index in [1.165, 1.54) is 6.07 Å². The number of aryl methyl sites for hydroxylation is 2. The minimum atomic E-state index is -2.99. The Morgan fingerprint density at radius 3 is 2.66 bits per heavy atom. The molecule has 1 fully saturated rings. The van der Waals surface area contributed by atoms with Gasteiger partial charge in [0.15, 0.2) is 12.4 Å². The van der Waals surface area contributed by atoms with Crippen LogP contribution in [0.2, 0.25) is 0 Å². The summed E-state index contributed by atoms with van der Waals surface area (Å²) in [6.45, 7) is 7.87. The predicted molar refractivity (Wildman–Crippen MR) is 118 cm³/mol. The zero-order valence-corrected chi connectivity index (χ0v) is 18.4. The van der Waals surface area contributed by atoms with Crippen LogP contribution in [-0.4, -0.2) is 45.6 Å². The van der Waals surface area contributed by atoms with E-state index >= 15 is 0 Å². The van der Waals surface area contributed by atoms with Gasteiger partial charge in [-0.2, -0.15) is 13.9 Å². The maximum atomic E-state index is 14.1. The number of nitrogens with one attached hydrogen (secondary N) is 1. The summed E-state index contributed by atoms with van der Waals surface area (Å²) in [5.74, 6) is -2.25. The molecule has 2 aromatic heterocycles. The van der Waals surface area contributed by atoms with E-state index in [2.05, 4.69) is 20.4 Å². The van der Waals surface area contributed by atoms with Gasteiger partial charge in [0.2, 0.25) is 0 Å². The van der Waals surface area contributed by atoms with Crippen LogP contribution in [-0.2, 0) is 5.92 Å². The zero-order valence-electron chi connectivity index (χ0n) is 18.4. The summed E-state index contributed by atoms with van der Waals surface area (Å²) >= 11 is 0. The van der Waals surface area contributed by atoms with Gasteiger partial charge < -0.3 is 20.1 Å². The molecule has 1 aromatic carbocycles. The lowest BCUT2D eigenvalue weighted by molar-refractivity contribution is -0.0214. The highest BCUT2D eigenvalue weighted by molar-refractivity contribution is 5.93. The number of nitrogens with zero attached hydrogens (tertiary/aromatic N) is 4. The van der Waals surface area contributed by atoms with E-state index in [0.29, 0.717) is 30.2 Å². The van der Waals surface area contributed by atoms with Crippen molar-refractivity contribution in [3.05, 3.63) is 46.8 Å². The summed E-state index contributed by atoms with van der Waals surface area (Å²) in [6, 6.07) is 6.45. The summed E-state index contributed by atoms with van der Waals surface area (Å²) in [7, 11) is 0. The Morgan fingerprint density at radius 1 is 1.19 bits per heavy atom. The van der Waals surface area contributed by atoms with Gasteiger partial charge >= 0.3 is 5.92 Å². The van der Waals surface area contributed by atoms with Crippen LogP contribution >= 0.6 is 0 Å². The van der Waals surface area contributed by atoms with Crippen molar-refractivity contribution in [3.8, 4) is 5.75 Å². The average Bonchev–Trinajstić information content (AvgIpc) is 3.03. The van der Waals surface area contributed by atoms with Gasteiger partial charge in [0.1, 0.15) is 5.75 Å². The van der Waals surface area contributed by atoms with Gasteiger partial charge in [0.25, 0.3) is 0 Å². The highest BCUT2D eigenvalue weighted by atomic mass is 19.3. The maximum Gasteiger partial charge on any atom is 0.310 e. The number of alkyl halides is 2. The first-order valence-corrected chi connectivity index (χ1v) is 10.6. The number of pyridine rings is 1. The molecule has 32 heavy (non-hydrogen) atoms. The van der Waals surface area contributed by atoms with E-state index in [0.717, 1.165) is 22.3 Å². The van der Waals surface area contributed by atoms with Gasteiger partial charge in [0.05, 0.1) is 39.8 Å². The van der Waals surface area contributed by atoms with Crippen molar-refractivity contribution in [2.24, 2.45) is 0 Å². The van der Waals surface area contributed by atoms with Crippen LogP contribution in [0.3, 0.4) is 0 Å². The van der Waals surface area contributed by atoms with Crippen molar-refractivity contribution in [2.75, 3.05) is 29.9 Å². The largest absolute Gasteiger partial charge is 0.486 e. The maximum absolute atomic E-state index is 14.1. The molecule has 5 rings (SSSR count). The Hall–Kier alpha value is -3.07. The topological polar surface area (TPSA) is 83.4 Å². The molecule has 1 saturated heterocycles. The minimum absolute atomic E-state index is 0.0899. The Labute approximate surface area is 184 Å². The molecule has 9 heteroatoms. The molecule has 2 aliphatic rings. The number of hydrogen-bond donors (Lipinski definition) is 2. The van der Waals surface area contributed by atoms with Crippen molar-refractivity contribution >= 4 is 22.4 Å². The number of halogens is 2. The van der Waals surface area contributed by atoms with Gasteiger partial charge in [-0.1, -0.05) is 12.1 Å². The third-order valence-corrected chi connectivity index (χ3v) is 6.14. The molecule has 7 nitrogen and oxygen atoms in total. The predicted octanol–water partition coefficient (Wildman–Crippen LogP) is 3.87. The quantitative estimate of drug-likeness (QED) is 0.636. The first-order valence-electron chi connectivity index (χ1n) is 10.6. The number of benzene rings is 1. The molecule has 3 aromatic rings. The second kappa shape index (κ2) is 6.96. The smallest absolute Gasteiger partial charge is 0.310 e. The van der Waals surface area contributed by atoms with Crippen LogP contribution in [0, 0.1) is 13.8 Å². The SMILES string of the molecule is Cc1nc2c(C)nnc(N[C@H](C)c3cccc4c3OCC4(F)F)c2cc1N1CC(C)(O)C1. The van der Waals surface area contributed by atoms with E-state index in [1.54, 1.807) is 12.1 Å². The molecule has 0 spiro atoms. The summed E-state index contributed by atoms with van der Waals surface area (Å²) in [5.41, 5.74) is 3.04. The van der Waals surface area contributed by atoms with Crippen molar-refractivity contribution in [2.45, 2.75) is 45.3 Å². The lowest BCUT2D eigenvalue weighted by Gasteiger charge is -2.46. The van der Waals surface area contributed by atoms with E-state index in [4.69, 9.17) is 9.72 Å². The van der Waals surface area contributed by atoms with Gasteiger partial charge in [-0.05, 0) is 39.8 Å². The monoisotopic (exact) mass is 441 g/mol. The van der Waals surface area contributed by atoms with E-state index in [-0.39, 0.29) is 17.4 Å². The van der Waals surface area contributed by atoms with Crippen LogP contribution in [0.1, 0.15) is 42.4 Å². The molecule has 4 heterocycles. The minimum Gasteiger partial charge on any atom is -0.486 e. The molecule has 168 valence electrons. The molecule has 2 aliphatic heterocycles. The fourth-order valence-corrected chi connectivity index (χ4v) is 4.52. The molecular formula is C23H25F2N5O2. The van der Waals surface area contributed by atoms with E-state index in [1.807, 2.05) is 33.8 Å². The number of aromatic nitrogens is 3. The van der Waals surface area contributed by atoms with Crippen LogP contribution in [0.4, 0.5) is 20.3 Å². The number of hydrogen-bond acceptors (Lipinski definition) is 7. The number of β-amino-alcohol motifs (C(OH)–C–C–N with tert-alkyl or cyclic N) is 1. The number of para-hydroxylation sites is 1. The molecule has 0 radical (unpaired) electrons. The molecule has 0 unspecified atom stereocenters. The molecular weight excluding hydrogens is 416 g/mol. The second-order valence-corrected chi connectivity index (χ2v) is 9.06. The molecule has 1 atom stereocenters. The number of aliphatic hydroxyl groups is 1. The van der Waals surface area contributed by atoms with Crippen LogP contribution in [0.25, 0.3) is 10.9 Å². The summed E-state index contributed by atoms with van der Waals surface area (Å²) < 4.78 is 33.6. The standard InChI is InChI=1S/C23H25F2N5O2/c1-12(15-6-5-7-17-20(15)32-11-23(17,24)25)27-21-16-8-18(30-9-22(4,31)10-30)13(2)26-19(16)14(3)28-29-21/h5-8,12,31H,9-11H2,1-4H3,(H,27,29)/t12-/m1/s1. The van der Waals surface area contributed by atoms with Gasteiger partial charge in [-0.15, -0.1) is 5.10 Å². The first-order chi connectivity index (χ1) is 15.1. The molecule has 0 saturated carbocycles. The van der Waals surface area contributed by atoms with Gasteiger partial charge in [-0.25, -0.2) is 4.98 Å². The summed E-state index contributed by atoms with van der Waals surface area (Å²) in [5, 5.41) is 22.8. The average molecular weight is 441 g/mol. The van der Waals surface area contributed by atoms with Gasteiger partial charge in [-0.3, -0.25) is 0 Å². The lowest BCUT2D eigenvalue weighted by Crippen LogP contribution is -2.60. The third-order valence-electron chi connectivity index (χ3n) is 6.14. The van der Waals surface area contributed by atoms with Crippen LogP contribution < -0.4 is 15.0 Å². The highest BCUT2D eigenvalue weighted by Crippen LogP contribution is 2.45. The lowest BCUT2D eigenvalue weighted by atomic mass is 9.95. The summed E-state index contributed by atoms with van der Waals surface area (Å²) in [4.78, 5) is 6.83. The Kier molecular flexibility index (Phi) is 4.53. The fourth-order valence-electron chi connectivity index (χ4n) is 4.52. The number of anilines is 2. The third kappa shape index (κ3) is 3.31. The highest BCUT2D eigenvalue weighted by Gasteiger charge is 2.43. The number of ether oxygens (including phenoxy) is 1.